The van der Waals surface area contributed by atoms with Crippen LogP contribution in [0.3, 0.4) is 0 Å². The van der Waals surface area contributed by atoms with Gasteiger partial charge in [-0.25, -0.2) is 9.18 Å². The van der Waals surface area contributed by atoms with E-state index in [1.807, 2.05) is 30.3 Å². The fraction of sp³-hybridized carbons (Fsp3) is 0.0714. The van der Waals surface area contributed by atoms with E-state index in [4.69, 9.17) is 5.11 Å². The maximum atomic E-state index is 13.6. The van der Waals surface area contributed by atoms with Crippen molar-refractivity contribution in [1.29, 1.82) is 0 Å². The Kier molecular flexibility index (Phi) is 2.91. The van der Waals surface area contributed by atoms with Gasteiger partial charge in [-0.05, 0) is 35.7 Å². The Bertz CT molecular complexity index is 562. The third kappa shape index (κ3) is 2.18. The van der Waals surface area contributed by atoms with E-state index in [0.717, 1.165) is 11.1 Å². The number of rotatable bonds is 2. The predicted molar refractivity (Wildman–Crippen MR) is 63.5 cm³/mol. The van der Waals surface area contributed by atoms with Crippen LogP contribution in [0.5, 0.6) is 0 Å². The van der Waals surface area contributed by atoms with Gasteiger partial charge in [-0.2, -0.15) is 0 Å². The Balaban J connectivity index is 2.58. The summed E-state index contributed by atoms with van der Waals surface area (Å²) in [6.07, 6.45) is 0. The smallest absolute Gasteiger partial charge is 0.338 e. The van der Waals surface area contributed by atoms with Gasteiger partial charge in [0.15, 0.2) is 0 Å². The molecule has 2 rings (SSSR count). The lowest BCUT2D eigenvalue weighted by atomic mass is 9.98. The number of hydrogen-bond acceptors (Lipinski definition) is 1. The van der Waals surface area contributed by atoms with E-state index in [-0.39, 0.29) is 5.56 Å². The molecule has 0 saturated heterocycles. The molecule has 2 aromatic rings. The Morgan fingerprint density at radius 2 is 1.82 bits per heavy atom. The second-order valence-corrected chi connectivity index (χ2v) is 3.82. The largest absolute Gasteiger partial charge is 0.478 e. The zero-order valence-electron chi connectivity index (χ0n) is 9.27. The first kappa shape index (κ1) is 11.3. The molecular weight excluding hydrogens is 219 g/mol. The van der Waals surface area contributed by atoms with E-state index >= 15 is 0 Å². The summed E-state index contributed by atoms with van der Waals surface area (Å²) in [5, 5.41) is 8.81. The molecule has 0 heterocycles. The standard InChI is InChI=1S/C14H11FO2/c1-9-7-12(14(16)17)13(15)8-11(9)10-5-3-2-4-6-10/h2-8H,1H3,(H,16,17). The minimum atomic E-state index is -1.25. The quantitative estimate of drug-likeness (QED) is 0.857. The summed E-state index contributed by atoms with van der Waals surface area (Å²) >= 11 is 0. The van der Waals surface area contributed by atoms with Crippen molar-refractivity contribution in [2.45, 2.75) is 6.92 Å². The van der Waals surface area contributed by atoms with Crippen LogP contribution in [-0.4, -0.2) is 11.1 Å². The van der Waals surface area contributed by atoms with Crippen molar-refractivity contribution in [2.75, 3.05) is 0 Å². The predicted octanol–water partition coefficient (Wildman–Crippen LogP) is 3.50. The highest BCUT2D eigenvalue weighted by molar-refractivity contribution is 5.89. The molecule has 0 aliphatic heterocycles. The number of carboxylic acids is 1. The molecule has 1 N–H and O–H groups in total. The second kappa shape index (κ2) is 4.37. The molecule has 0 aromatic heterocycles. The Morgan fingerprint density at radius 3 is 2.41 bits per heavy atom. The van der Waals surface area contributed by atoms with Crippen molar-refractivity contribution in [3.8, 4) is 11.1 Å². The van der Waals surface area contributed by atoms with Gasteiger partial charge in [0, 0.05) is 0 Å². The van der Waals surface area contributed by atoms with Crippen LogP contribution in [0.1, 0.15) is 15.9 Å². The molecule has 0 spiro atoms. The summed E-state index contributed by atoms with van der Waals surface area (Å²) in [6, 6.07) is 12.0. The Hall–Kier alpha value is -2.16. The highest BCUT2D eigenvalue weighted by Gasteiger charge is 2.13. The van der Waals surface area contributed by atoms with Crippen molar-refractivity contribution < 1.29 is 14.3 Å². The maximum Gasteiger partial charge on any atom is 0.338 e. The molecule has 3 heteroatoms. The number of benzene rings is 2. The highest BCUT2D eigenvalue weighted by Crippen LogP contribution is 2.25. The third-order valence-corrected chi connectivity index (χ3v) is 2.63. The summed E-state index contributed by atoms with van der Waals surface area (Å²) in [4.78, 5) is 10.8. The van der Waals surface area contributed by atoms with Crippen molar-refractivity contribution >= 4 is 5.97 Å². The van der Waals surface area contributed by atoms with Crippen LogP contribution in [-0.2, 0) is 0 Å². The van der Waals surface area contributed by atoms with Gasteiger partial charge in [-0.1, -0.05) is 30.3 Å². The zero-order chi connectivity index (χ0) is 12.4. The number of carbonyl (C=O) groups is 1. The molecule has 2 aromatic carbocycles. The van der Waals surface area contributed by atoms with Crippen molar-refractivity contribution in [3.05, 3.63) is 59.4 Å². The average Bonchev–Trinajstić information content (AvgIpc) is 2.32. The number of halogens is 1. The molecule has 0 atom stereocenters. The lowest BCUT2D eigenvalue weighted by Crippen LogP contribution is -2.02. The Labute approximate surface area is 98.3 Å². The lowest BCUT2D eigenvalue weighted by Gasteiger charge is -2.08. The van der Waals surface area contributed by atoms with Gasteiger partial charge in [0.2, 0.25) is 0 Å². The van der Waals surface area contributed by atoms with Crippen LogP contribution in [0.15, 0.2) is 42.5 Å². The molecule has 2 nitrogen and oxygen atoms in total. The van der Waals surface area contributed by atoms with Crippen LogP contribution in [0.25, 0.3) is 11.1 Å². The molecule has 86 valence electrons. The molecular formula is C14H11FO2. The first-order chi connectivity index (χ1) is 8.09. The van der Waals surface area contributed by atoms with Crippen LogP contribution in [0.2, 0.25) is 0 Å². The van der Waals surface area contributed by atoms with Crippen LogP contribution in [0, 0.1) is 12.7 Å². The van der Waals surface area contributed by atoms with E-state index in [2.05, 4.69) is 0 Å². The van der Waals surface area contributed by atoms with Crippen LogP contribution < -0.4 is 0 Å². The topological polar surface area (TPSA) is 37.3 Å². The molecule has 17 heavy (non-hydrogen) atoms. The molecule has 0 aliphatic rings. The molecule has 0 amide bonds. The molecule has 0 fully saturated rings. The summed E-state index contributed by atoms with van der Waals surface area (Å²) in [6.45, 7) is 1.77. The van der Waals surface area contributed by atoms with Gasteiger partial charge >= 0.3 is 5.97 Å². The van der Waals surface area contributed by atoms with Gasteiger partial charge in [0.25, 0.3) is 0 Å². The summed E-state index contributed by atoms with van der Waals surface area (Å²) in [5.41, 5.74) is 2.05. The minimum Gasteiger partial charge on any atom is -0.478 e. The average molecular weight is 230 g/mol. The summed E-state index contributed by atoms with van der Waals surface area (Å²) in [5.74, 6) is -1.95. The number of hydrogen-bond donors (Lipinski definition) is 1. The van der Waals surface area contributed by atoms with Crippen molar-refractivity contribution in [2.24, 2.45) is 0 Å². The Morgan fingerprint density at radius 1 is 1.18 bits per heavy atom. The van der Waals surface area contributed by atoms with E-state index in [0.29, 0.717) is 5.56 Å². The third-order valence-electron chi connectivity index (χ3n) is 2.63. The second-order valence-electron chi connectivity index (χ2n) is 3.82. The molecule has 0 bridgehead atoms. The first-order valence-corrected chi connectivity index (χ1v) is 5.18. The molecule has 0 unspecified atom stereocenters. The monoisotopic (exact) mass is 230 g/mol. The van der Waals surface area contributed by atoms with Crippen LogP contribution in [0.4, 0.5) is 4.39 Å². The van der Waals surface area contributed by atoms with Crippen molar-refractivity contribution in [1.82, 2.24) is 0 Å². The van der Waals surface area contributed by atoms with Gasteiger partial charge in [0.05, 0.1) is 5.56 Å². The number of aromatic carboxylic acids is 1. The minimum absolute atomic E-state index is 0.290. The fourth-order valence-corrected chi connectivity index (χ4v) is 1.77. The number of aryl methyl sites for hydroxylation is 1. The van der Waals surface area contributed by atoms with Gasteiger partial charge < -0.3 is 5.11 Å². The van der Waals surface area contributed by atoms with Crippen molar-refractivity contribution in [3.63, 3.8) is 0 Å². The van der Waals surface area contributed by atoms with Gasteiger partial charge in [-0.3, -0.25) is 0 Å². The first-order valence-electron chi connectivity index (χ1n) is 5.18. The SMILES string of the molecule is Cc1cc(C(=O)O)c(F)cc1-c1ccccc1. The van der Waals surface area contributed by atoms with E-state index in [1.54, 1.807) is 6.92 Å². The van der Waals surface area contributed by atoms with E-state index in [9.17, 15) is 9.18 Å². The lowest BCUT2D eigenvalue weighted by molar-refractivity contribution is 0.0692. The molecule has 0 aliphatic carbocycles. The molecule has 0 saturated carbocycles. The van der Waals surface area contributed by atoms with E-state index < -0.39 is 11.8 Å². The summed E-state index contributed by atoms with van der Waals surface area (Å²) < 4.78 is 13.6. The zero-order valence-corrected chi connectivity index (χ0v) is 9.27. The number of carboxylic acid groups (broad SMARTS) is 1. The maximum absolute atomic E-state index is 13.6. The normalized spacial score (nSPS) is 10.2. The molecule has 0 radical (unpaired) electrons. The van der Waals surface area contributed by atoms with Gasteiger partial charge in [-0.15, -0.1) is 0 Å². The highest BCUT2D eigenvalue weighted by atomic mass is 19.1. The van der Waals surface area contributed by atoms with E-state index in [1.165, 1.54) is 12.1 Å². The van der Waals surface area contributed by atoms with Crippen LogP contribution >= 0.6 is 0 Å². The van der Waals surface area contributed by atoms with Gasteiger partial charge in [0.1, 0.15) is 5.82 Å². The fourth-order valence-electron chi connectivity index (χ4n) is 1.77. The summed E-state index contributed by atoms with van der Waals surface area (Å²) in [7, 11) is 0.